The van der Waals surface area contributed by atoms with Crippen LogP contribution in [0.1, 0.15) is 5.56 Å². The number of esters is 1. The van der Waals surface area contributed by atoms with E-state index in [0.717, 1.165) is 0 Å². The van der Waals surface area contributed by atoms with Gasteiger partial charge in [0.2, 0.25) is 0 Å². The molecule has 0 unspecified atom stereocenters. The molecule has 82 valence electrons. The largest absolute Gasteiger partial charge is 0.459 e. The van der Waals surface area contributed by atoms with Gasteiger partial charge in [-0.3, -0.25) is 4.79 Å². The molecule has 1 aromatic carbocycles. The van der Waals surface area contributed by atoms with E-state index in [1.807, 2.05) is 0 Å². The smallest absolute Gasteiger partial charge is 0.310 e. The summed E-state index contributed by atoms with van der Waals surface area (Å²) >= 11 is 0. The number of carbonyl (C=O) groups is 1. The summed E-state index contributed by atoms with van der Waals surface area (Å²) in [6.07, 6.45) is -2.72. The zero-order chi connectivity index (χ0) is 11.3. The Labute approximate surface area is 85.8 Å². The van der Waals surface area contributed by atoms with E-state index in [-0.39, 0.29) is 6.42 Å². The van der Waals surface area contributed by atoms with Crippen molar-refractivity contribution in [3.05, 3.63) is 29.8 Å². The van der Waals surface area contributed by atoms with Gasteiger partial charge in [-0.15, -0.1) is 0 Å². The number of nitrogen functional groups attached to an aromatic ring is 1. The van der Waals surface area contributed by atoms with Crippen molar-refractivity contribution in [2.75, 3.05) is 12.3 Å². The Kier molecular flexibility index (Phi) is 4.03. The molecular formula is C10H11F2NO2. The Hall–Kier alpha value is -1.65. The van der Waals surface area contributed by atoms with Crippen molar-refractivity contribution in [2.24, 2.45) is 0 Å². The van der Waals surface area contributed by atoms with Crippen molar-refractivity contribution < 1.29 is 18.3 Å². The second-order valence-electron chi connectivity index (χ2n) is 2.95. The number of rotatable bonds is 4. The second kappa shape index (κ2) is 5.29. The van der Waals surface area contributed by atoms with Gasteiger partial charge < -0.3 is 10.5 Å². The first-order valence-corrected chi connectivity index (χ1v) is 4.36. The molecule has 3 nitrogen and oxygen atoms in total. The fraction of sp³-hybridized carbons (Fsp3) is 0.300. The van der Waals surface area contributed by atoms with Crippen molar-refractivity contribution in [3.63, 3.8) is 0 Å². The number of benzene rings is 1. The molecular weight excluding hydrogens is 204 g/mol. The third kappa shape index (κ3) is 3.93. The average molecular weight is 215 g/mol. The first kappa shape index (κ1) is 11.4. The topological polar surface area (TPSA) is 52.3 Å². The van der Waals surface area contributed by atoms with Crippen LogP contribution in [0.4, 0.5) is 14.5 Å². The van der Waals surface area contributed by atoms with Crippen molar-refractivity contribution >= 4 is 11.7 Å². The second-order valence-corrected chi connectivity index (χ2v) is 2.95. The fourth-order valence-corrected chi connectivity index (χ4v) is 1.06. The summed E-state index contributed by atoms with van der Waals surface area (Å²) in [5.74, 6) is -0.701. The molecule has 0 aliphatic carbocycles. The summed E-state index contributed by atoms with van der Waals surface area (Å²) in [6, 6.07) is 6.73. The van der Waals surface area contributed by atoms with Crippen molar-refractivity contribution in [3.8, 4) is 0 Å². The van der Waals surface area contributed by atoms with Gasteiger partial charge in [0.15, 0.2) is 6.61 Å². The molecule has 0 aliphatic heterocycles. The highest BCUT2D eigenvalue weighted by molar-refractivity contribution is 5.74. The van der Waals surface area contributed by atoms with Gasteiger partial charge in [-0.1, -0.05) is 18.2 Å². The Morgan fingerprint density at radius 2 is 2.07 bits per heavy atom. The maximum Gasteiger partial charge on any atom is 0.310 e. The van der Waals surface area contributed by atoms with E-state index in [1.165, 1.54) is 0 Å². The first-order chi connectivity index (χ1) is 7.09. The highest BCUT2D eigenvalue weighted by Gasteiger charge is 2.10. The molecule has 1 rings (SSSR count). The third-order valence-electron chi connectivity index (χ3n) is 1.76. The van der Waals surface area contributed by atoms with E-state index in [0.29, 0.717) is 11.3 Å². The molecule has 0 saturated carbocycles. The maximum absolute atomic E-state index is 11.7. The summed E-state index contributed by atoms with van der Waals surface area (Å²) in [5, 5.41) is 0. The molecule has 0 spiro atoms. The Morgan fingerprint density at radius 1 is 1.40 bits per heavy atom. The van der Waals surface area contributed by atoms with Crippen LogP contribution < -0.4 is 5.73 Å². The Bertz CT molecular complexity index is 342. The number of alkyl halides is 2. The minimum atomic E-state index is -2.64. The van der Waals surface area contributed by atoms with E-state index < -0.39 is 19.0 Å². The summed E-state index contributed by atoms with van der Waals surface area (Å²) in [7, 11) is 0. The van der Waals surface area contributed by atoms with Crippen LogP contribution >= 0.6 is 0 Å². The molecule has 0 fully saturated rings. The number of hydrogen-bond acceptors (Lipinski definition) is 3. The molecule has 0 bridgehead atoms. The van der Waals surface area contributed by atoms with E-state index in [4.69, 9.17) is 5.73 Å². The van der Waals surface area contributed by atoms with Gasteiger partial charge in [-0.05, 0) is 11.6 Å². The number of halogens is 2. The SMILES string of the molecule is Nc1ccccc1CC(=O)OCC(F)F. The van der Waals surface area contributed by atoms with Gasteiger partial charge >= 0.3 is 5.97 Å². The third-order valence-corrected chi connectivity index (χ3v) is 1.76. The molecule has 0 saturated heterocycles. The minimum Gasteiger partial charge on any atom is -0.459 e. The maximum atomic E-state index is 11.7. The number of para-hydroxylation sites is 1. The van der Waals surface area contributed by atoms with Crippen LogP contribution in [-0.4, -0.2) is 19.0 Å². The molecule has 2 N–H and O–H groups in total. The summed E-state index contributed by atoms with van der Waals surface area (Å²) < 4.78 is 27.7. The Morgan fingerprint density at radius 3 is 2.67 bits per heavy atom. The lowest BCUT2D eigenvalue weighted by atomic mass is 10.1. The molecule has 0 heterocycles. The number of nitrogens with two attached hydrogens (primary N) is 1. The number of anilines is 1. The van der Waals surface area contributed by atoms with E-state index in [2.05, 4.69) is 4.74 Å². The molecule has 0 aliphatic rings. The number of hydrogen-bond donors (Lipinski definition) is 1. The molecule has 0 amide bonds. The van der Waals surface area contributed by atoms with Crippen LogP contribution in [0.2, 0.25) is 0 Å². The molecule has 1 aromatic rings. The van der Waals surface area contributed by atoms with Crippen LogP contribution in [0.15, 0.2) is 24.3 Å². The lowest BCUT2D eigenvalue weighted by Gasteiger charge is -2.05. The van der Waals surface area contributed by atoms with Crippen LogP contribution in [0.3, 0.4) is 0 Å². The number of ether oxygens (including phenoxy) is 1. The van der Waals surface area contributed by atoms with Crippen LogP contribution in [0.5, 0.6) is 0 Å². The standard InChI is InChI=1S/C10H11F2NO2/c11-9(12)6-15-10(14)5-7-3-1-2-4-8(7)13/h1-4,9H,5-6,13H2. The molecule has 5 heteroatoms. The zero-order valence-corrected chi connectivity index (χ0v) is 7.95. The van der Waals surface area contributed by atoms with Gasteiger partial charge in [-0.2, -0.15) is 0 Å². The Balaban J connectivity index is 2.48. The van der Waals surface area contributed by atoms with Gasteiger partial charge in [0.05, 0.1) is 6.42 Å². The van der Waals surface area contributed by atoms with Gasteiger partial charge in [0.1, 0.15) is 0 Å². The van der Waals surface area contributed by atoms with Crippen LogP contribution in [-0.2, 0) is 16.0 Å². The van der Waals surface area contributed by atoms with Crippen LogP contribution in [0.25, 0.3) is 0 Å². The van der Waals surface area contributed by atoms with Crippen molar-refractivity contribution in [1.82, 2.24) is 0 Å². The summed E-state index contributed by atoms with van der Waals surface area (Å²) in [5.41, 5.74) is 6.60. The molecule has 0 radical (unpaired) electrons. The summed E-state index contributed by atoms with van der Waals surface area (Å²) in [6.45, 7) is -0.869. The minimum absolute atomic E-state index is 0.0839. The van der Waals surface area contributed by atoms with Crippen LogP contribution in [0, 0.1) is 0 Å². The quantitative estimate of drug-likeness (QED) is 0.613. The average Bonchev–Trinajstić information content (AvgIpc) is 2.18. The monoisotopic (exact) mass is 215 g/mol. The van der Waals surface area contributed by atoms with Gasteiger partial charge in [0, 0.05) is 5.69 Å². The lowest BCUT2D eigenvalue weighted by molar-refractivity contribution is -0.146. The highest BCUT2D eigenvalue weighted by Crippen LogP contribution is 2.11. The van der Waals surface area contributed by atoms with Crippen molar-refractivity contribution in [2.45, 2.75) is 12.8 Å². The molecule has 0 atom stereocenters. The number of carbonyl (C=O) groups excluding carboxylic acids is 1. The predicted octanol–water partition coefficient (Wildman–Crippen LogP) is 1.62. The fourth-order valence-electron chi connectivity index (χ4n) is 1.06. The zero-order valence-electron chi connectivity index (χ0n) is 7.95. The highest BCUT2D eigenvalue weighted by atomic mass is 19.3. The normalized spacial score (nSPS) is 10.3. The van der Waals surface area contributed by atoms with Gasteiger partial charge in [-0.25, -0.2) is 8.78 Å². The lowest BCUT2D eigenvalue weighted by Crippen LogP contribution is -2.14. The predicted molar refractivity (Wildman–Crippen MR) is 51.5 cm³/mol. The van der Waals surface area contributed by atoms with E-state index >= 15 is 0 Å². The van der Waals surface area contributed by atoms with E-state index in [1.54, 1.807) is 24.3 Å². The van der Waals surface area contributed by atoms with Gasteiger partial charge in [0.25, 0.3) is 6.43 Å². The van der Waals surface area contributed by atoms with Crippen molar-refractivity contribution in [1.29, 1.82) is 0 Å². The molecule has 15 heavy (non-hydrogen) atoms. The first-order valence-electron chi connectivity index (χ1n) is 4.36. The van der Waals surface area contributed by atoms with E-state index in [9.17, 15) is 13.6 Å². The summed E-state index contributed by atoms with van der Waals surface area (Å²) in [4.78, 5) is 11.1. The molecule has 0 aromatic heterocycles.